The largest absolute Gasteiger partial charge is 0.481 e. The van der Waals surface area contributed by atoms with Crippen molar-refractivity contribution in [3.63, 3.8) is 0 Å². The van der Waals surface area contributed by atoms with E-state index in [4.69, 9.17) is 16.3 Å². The van der Waals surface area contributed by atoms with Gasteiger partial charge in [-0.15, -0.1) is 0 Å². The molecular formula is C21H19ClN2O4S. The van der Waals surface area contributed by atoms with E-state index >= 15 is 0 Å². The molecule has 29 heavy (non-hydrogen) atoms. The van der Waals surface area contributed by atoms with E-state index in [0.29, 0.717) is 21.5 Å². The first-order chi connectivity index (χ1) is 13.9. The van der Waals surface area contributed by atoms with Gasteiger partial charge < -0.3 is 15.2 Å². The summed E-state index contributed by atoms with van der Waals surface area (Å²) in [5, 5.41) is 13.0. The number of aromatic nitrogens is 1. The highest BCUT2D eigenvalue weighted by Crippen LogP contribution is 2.24. The number of hydrogen-bond donors (Lipinski definition) is 2. The number of benzene rings is 2. The first-order valence-electron chi connectivity index (χ1n) is 8.82. The number of nitrogens with one attached hydrogen (secondary N) is 1. The van der Waals surface area contributed by atoms with Gasteiger partial charge >= 0.3 is 5.97 Å². The van der Waals surface area contributed by atoms with Crippen LogP contribution in [0, 0.1) is 0 Å². The third-order valence-electron chi connectivity index (χ3n) is 4.23. The molecule has 0 aliphatic rings. The summed E-state index contributed by atoms with van der Waals surface area (Å²) in [6, 6.07) is 14.8. The van der Waals surface area contributed by atoms with E-state index < -0.39 is 12.0 Å². The topological polar surface area (TPSA) is 88.5 Å². The summed E-state index contributed by atoms with van der Waals surface area (Å²) in [7, 11) is 1.47. The lowest BCUT2D eigenvalue weighted by Crippen LogP contribution is -2.37. The fourth-order valence-corrected chi connectivity index (χ4v) is 3.71. The molecule has 0 aliphatic heterocycles. The number of carbonyl (C=O) groups excluding carboxylic acids is 1. The van der Waals surface area contributed by atoms with E-state index in [1.54, 1.807) is 0 Å². The highest BCUT2D eigenvalue weighted by atomic mass is 35.5. The van der Waals surface area contributed by atoms with Gasteiger partial charge in [0.1, 0.15) is 4.88 Å². The number of nitrogens with zero attached hydrogens (tertiary/aromatic N) is 1. The Morgan fingerprint density at radius 1 is 1.21 bits per heavy atom. The molecule has 2 N–H and O–H groups in total. The Kier molecular flexibility index (Phi) is 6.85. The van der Waals surface area contributed by atoms with Crippen molar-refractivity contribution in [2.24, 2.45) is 0 Å². The second-order valence-corrected chi connectivity index (χ2v) is 7.80. The zero-order valence-electron chi connectivity index (χ0n) is 15.6. The fraction of sp³-hybridized carbons (Fsp3) is 0.190. The zero-order chi connectivity index (χ0) is 20.8. The second kappa shape index (κ2) is 9.54. The van der Waals surface area contributed by atoms with Crippen LogP contribution in [0.15, 0.2) is 54.7 Å². The lowest BCUT2D eigenvalue weighted by molar-refractivity contribution is -0.137. The Labute approximate surface area is 177 Å². The van der Waals surface area contributed by atoms with E-state index in [1.807, 2.05) is 48.5 Å². The monoisotopic (exact) mass is 430 g/mol. The predicted molar refractivity (Wildman–Crippen MR) is 113 cm³/mol. The van der Waals surface area contributed by atoms with E-state index in [0.717, 1.165) is 28.0 Å². The van der Waals surface area contributed by atoms with E-state index in [2.05, 4.69) is 10.3 Å². The maximum Gasteiger partial charge on any atom is 0.305 e. The zero-order valence-corrected chi connectivity index (χ0v) is 17.2. The third kappa shape index (κ3) is 5.79. The number of carboxylic acids is 1. The van der Waals surface area contributed by atoms with Gasteiger partial charge in [0.15, 0.2) is 0 Å². The average molecular weight is 431 g/mol. The molecule has 0 saturated heterocycles. The summed E-state index contributed by atoms with van der Waals surface area (Å²) in [4.78, 5) is 28.0. The summed E-state index contributed by atoms with van der Waals surface area (Å²) in [6.45, 7) is 0. The van der Waals surface area contributed by atoms with Crippen LogP contribution >= 0.6 is 22.9 Å². The van der Waals surface area contributed by atoms with Gasteiger partial charge in [0.2, 0.25) is 0 Å². The van der Waals surface area contributed by atoms with Crippen LogP contribution in [0.25, 0.3) is 11.1 Å². The molecule has 0 spiro atoms. The summed E-state index contributed by atoms with van der Waals surface area (Å²) >= 11 is 7.15. The molecule has 0 saturated carbocycles. The SMILES string of the molecule is COc1ncc(C(=O)NC(CC(=O)O)Cc2ccc(-c3cccc(Cl)c3)cc2)s1. The van der Waals surface area contributed by atoms with Gasteiger partial charge in [-0.2, -0.15) is 0 Å². The lowest BCUT2D eigenvalue weighted by atomic mass is 9.99. The van der Waals surface area contributed by atoms with E-state index in [-0.39, 0.29) is 12.3 Å². The first-order valence-corrected chi connectivity index (χ1v) is 10.0. The van der Waals surface area contributed by atoms with Gasteiger partial charge in [-0.05, 0) is 35.2 Å². The number of halogens is 1. The summed E-state index contributed by atoms with van der Waals surface area (Å²) < 4.78 is 4.99. The molecule has 3 rings (SSSR count). The van der Waals surface area contributed by atoms with Crippen LogP contribution in [-0.4, -0.2) is 35.1 Å². The van der Waals surface area contributed by atoms with Gasteiger partial charge in [-0.25, -0.2) is 4.98 Å². The second-order valence-electron chi connectivity index (χ2n) is 6.37. The molecule has 0 bridgehead atoms. The third-order valence-corrected chi connectivity index (χ3v) is 5.43. The van der Waals surface area contributed by atoms with Crippen LogP contribution < -0.4 is 10.1 Å². The fourth-order valence-electron chi connectivity index (χ4n) is 2.88. The maximum atomic E-state index is 12.4. The minimum atomic E-state index is -0.979. The Balaban J connectivity index is 1.71. The number of amides is 1. The summed E-state index contributed by atoms with van der Waals surface area (Å²) in [6.07, 6.45) is 1.62. The standard InChI is InChI=1S/C21H19ClN2O4S/c1-28-21-23-12-18(29-21)20(27)24-17(11-19(25)26)9-13-5-7-14(8-6-13)15-3-2-4-16(22)10-15/h2-8,10,12,17H,9,11H2,1H3,(H,24,27)(H,25,26). The maximum absolute atomic E-state index is 12.4. The van der Waals surface area contributed by atoms with Gasteiger partial charge in [-0.3, -0.25) is 9.59 Å². The lowest BCUT2D eigenvalue weighted by Gasteiger charge is -2.17. The predicted octanol–water partition coefficient (Wildman–Crippen LogP) is 4.29. The van der Waals surface area contributed by atoms with Crippen molar-refractivity contribution in [2.45, 2.75) is 18.9 Å². The Bertz CT molecular complexity index is 1000. The van der Waals surface area contributed by atoms with Crippen molar-refractivity contribution in [1.29, 1.82) is 0 Å². The molecule has 0 aliphatic carbocycles. The number of carbonyl (C=O) groups is 2. The smallest absolute Gasteiger partial charge is 0.305 e. The average Bonchev–Trinajstić information content (AvgIpc) is 3.17. The number of ether oxygens (including phenoxy) is 1. The quantitative estimate of drug-likeness (QED) is 0.556. The van der Waals surface area contributed by atoms with Crippen LogP contribution in [0.2, 0.25) is 5.02 Å². The molecular weight excluding hydrogens is 412 g/mol. The van der Waals surface area contributed by atoms with Crippen molar-refractivity contribution in [1.82, 2.24) is 10.3 Å². The minimum Gasteiger partial charge on any atom is -0.481 e. The summed E-state index contributed by atoms with van der Waals surface area (Å²) in [5.74, 6) is -1.35. The van der Waals surface area contributed by atoms with Crippen LogP contribution in [0.1, 0.15) is 21.7 Å². The Hall–Kier alpha value is -2.90. The molecule has 6 nitrogen and oxygen atoms in total. The number of rotatable bonds is 8. The molecule has 150 valence electrons. The van der Waals surface area contributed by atoms with Crippen molar-refractivity contribution >= 4 is 34.8 Å². The van der Waals surface area contributed by atoms with Crippen molar-refractivity contribution in [2.75, 3.05) is 7.11 Å². The Morgan fingerprint density at radius 2 is 1.97 bits per heavy atom. The van der Waals surface area contributed by atoms with Gasteiger partial charge in [0.05, 0.1) is 19.7 Å². The normalized spacial score (nSPS) is 11.7. The molecule has 1 unspecified atom stereocenters. The minimum absolute atomic E-state index is 0.183. The van der Waals surface area contributed by atoms with Gasteiger partial charge in [-0.1, -0.05) is 59.3 Å². The van der Waals surface area contributed by atoms with E-state index in [9.17, 15) is 14.7 Å². The molecule has 8 heteroatoms. The summed E-state index contributed by atoms with van der Waals surface area (Å²) in [5.41, 5.74) is 2.93. The molecule has 2 aromatic carbocycles. The van der Waals surface area contributed by atoms with Crippen LogP contribution in [0.5, 0.6) is 5.19 Å². The van der Waals surface area contributed by atoms with Gasteiger partial charge in [0, 0.05) is 11.1 Å². The van der Waals surface area contributed by atoms with Crippen LogP contribution in [0.4, 0.5) is 0 Å². The molecule has 1 amide bonds. The number of methoxy groups -OCH3 is 1. The molecule has 0 radical (unpaired) electrons. The van der Waals surface area contributed by atoms with Crippen LogP contribution in [0.3, 0.4) is 0 Å². The number of hydrogen-bond acceptors (Lipinski definition) is 5. The van der Waals surface area contributed by atoms with Crippen molar-refractivity contribution in [3.05, 3.63) is 70.2 Å². The molecule has 1 aromatic heterocycles. The number of aliphatic carboxylic acids is 1. The molecule has 0 fully saturated rings. The molecule has 3 aromatic rings. The van der Waals surface area contributed by atoms with Crippen molar-refractivity contribution < 1.29 is 19.4 Å². The first kappa shape index (κ1) is 20.8. The Morgan fingerprint density at radius 3 is 2.59 bits per heavy atom. The van der Waals surface area contributed by atoms with E-state index in [1.165, 1.54) is 13.3 Å². The van der Waals surface area contributed by atoms with Crippen LogP contribution in [-0.2, 0) is 11.2 Å². The number of carboxylic acid groups (broad SMARTS) is 1. The number of thiazole rings is 1. The van der Waals surface area contributed by atoms with Gasteiger partial charge in [0.25, 0.3) is 11.1 Å². The van der Waals surface area contributed by atoms with Crippen molar-refractivity contribution in [3.8, 4) is 16.3 Å². The molecule has 1 atom stereocenters. The highest BCUT2D eigenvalue weighted by molar-refractivity contribution is 7.15. The molecule has 1 heterocycles. The highest BCUT2D eigenvalue weighted by Gasteiger charge is 2.19.